The summed E-state index contributed by atoms with van der Waals surface area (Å²) in [7, 11) is 0. The molecular formula is C15H19ClN2O. The molecule has 1 atom stereocenters. The van der Waals surface area contributed by atoms with Gasteiger partial charge in [0.15, 0.2) is 0 Å². The van der Waals surface area contributed by atoms with Crippen molar-refractivity contribution in [2.24, 2.45) is 5.92 Å². The van der Waals surface area contributed by atoms with Crippen LogP contribution in [-0.4, -0.2) is 17.4 Å². The summed E-state index contributed by atoms with van der Waals surface area (Å²) in [4.78, 5) is 14.9. The van der Waals surface area contributed by atoms with Gasteiger partial charge in [-0.15, -0.1) is 0 Å². The minimum absolute atomic E-state index is 0.0809. The second-order valence-corrected chi connectivity index (χ2v) is 5.29. The van der Waals surface area contributed by atoms with Crippen molar-refractivity contribution in [2.45, 2.75) is 26.7 Å². The van der Waals surface area contributed by atoms with Crippen molar-refractivity contribution in [3.05, 3.63) is 35.0 Å². The first-order chi connectivity index (χ1) is 9.11. The zero-order valence-corrected chi connectivity index (χ0v) is 12.1. The van der Waals surface area contributed by atoms with Crippen molar-refractivity contribution in [3.63, 3.8) is 0 Å². The van der Waals surface area contributed by atoms with Crippen molar-refractivity contribution in [3.8, 4) is 0 Å². The molecule has 1 aromatic carbocycles. The van der Waals surface area contributed by atoms with Gasteiger partial charge in [-0.05, 0) is 36.6 Å². The van der Waals surface area contributed by atoms with Gasteiger partial charge in [0.2, 0.25) is 5.91 Å². The number of halogens is 1. The smallest absolute Gasteiger partial charge is 0.222 e. The zero-order chi connectivity index (χ0) is 13.8. The number of hydrogen-bond acceptors (Lipinski definition) is 1. The molecule has 0 aliphatic carbocycles. The Morgan fingerprint density at radius 1 is 1.47 bits per heavy atom. The highest BCUT2D eigenvalue weighted by molar-refractivity contribution is 6.31. The molecule has 0 fully saturated rings. The van der Waals surface area contributed by atoms with Crippen LogP contribution in [0.25, 0.3) is 10.9 Å². The van der Waals surface area contributed by atoms with Crippen LogP contribution < -0.4 is 5.32 Å². The first-order valence-corrected chi connectivity index (χ1v) is 7.02. The molecule has 0 radical (unpaired) electrons. The van der Waals surface area contributed by atoms with Gasteiger partial charge >= 0.3 is 0 Å². The molecule has 19 heavy (non-hydrogen) atoms. The standard InChI is InChI=1S/C15H19ClN2O/c1-3-10(2)15(19)17-7-6-11-9-18-14-5-4-12(16)8-13(11)14/h4-5,8-10,18H,3,6-7H2,1-2H3,(H,17,19). The van der Waals surface area contributed by atoms with Gasteiger partial charge in [0.1, 0.15) is 0 Å². The number of aromatic amines is 1. The number of carbonyl (C=O) groups excluding carboxylic acids is 1. The SMILES string of the molecule is CCC(C)C(=O)NCCc1c[nH]c2ccc(Cl)cc12. The second kappa shape index (κ2) is 6.11. The van der Waals surface area contributed by atoms with Crippen LogP contribution in [-0.2, 0) is 11.2 Å². The fourth-order valence-corrected chi connectivity index (χ4v) is 2.21. The maximum atomic E-state index is 11.7. The van der Waals surface area contributed by atoms with Crippen molar-refractivity contribution >= 4 is 28.4 Å². The summed E-state index contributed by atoms with van der Waals surface area (Å²) in [5, 5.41) is 4.83. The Labute approximate surface area is 118 Å². The molecule has 0 aliphatic heterocycles. The molecule has 1 unspecified atom stereocenters. The van der Waals surface area contributed by atoms with Gasteiger partial charge in [-0.25, -0.2) is 0 Å². The van der Waals surface area contributed by atoms with E-state index >= 15 is 0 Å². The third-order valence-electron chi connectivity index (χ3n) is 3.48. The minimum atomic E-state index is 0.0809. The molecule has 0 spiro atoms. The Bertz CT molecular complexity index is 577. The molecule has 0 aliphatic rings. The van der Waals surface area contributed by atoms with E-state index < -0.39 is 0 Å². The average molecular weight is 279 g/mol. The minimum Gasteiger partial charge on any atom is -0.361 e. The van der Waals surface area contributed by atoms with E-state index in [4.69, 9.17) is 11.6 Å². The number of H-pyrrole nitrogens is 1. The number of amides is 1. The van der Waals surface area contributed by atoms with Crippen molar-refractivity contribution in [1.29, 1.82) is 0 Å². The highest BCUT2D eigenvalue weighted by Gasteiger charge is 2.10. The highest BCUT2D eigenvalue weighted by Crippen LogP contribution is 2.22. The Morgan fingerprint density at radius 3 is 3.00 bits per heavy atom. The largest absolute Gasteiger partial charge is 0.361 e. The summed E-state index contributed by atoms with van der Waals surface area (Å²) in [6.45, 7) is 4.62. The molecule has 0 saturated heterocycles. The van der Waals surface area contributed by atoms with Crippen LogP contribution in [0, 0.1) is 5.92 Å². The Hall–Kier alpha value is -1.48. The van der Waals surface area contributed by atoms with Crippen LogP contribution in [0.15, 0.2) is 24.4 Å². The first kappa shape index (κ1) is 13.9. The number of rotatable bonds is 5. The van der Waals surface area contributed by atoms with Gasteiger partial charge in [0, 0.05) is 34.6 Å². The third kappa shape index (κ3) is 3.29. The van der Waals surface area contributed by atoms with Crippen molar-refractivity contribution in [2.75, 3.05) is 6.54 Å². The average Bonchev–Trinajstić information content (AvgIpc) is 2.80. The summed E-state index contributed by atoms with van der Waals surface area (Å²) in [6.07, 6.45) is 3.66. The van der Waals surface area contributed by atoms with E-state index in [1.807, 2.05) is 38.2 Å². The van der Waals surface area contributed by atoms with Gasteiger partial charge < -0.3 is 10.3 Å². The van der Waals surface area contributed by atoms with Gasteiger partial charge in [-0.2, -0.15) is 0 Å². The number of aromatic nitrogens is 1. The number of nitrogens with one attached hydrogen (secondary N) is 2. The van der Waals surface area contributed by atoms with E-state index in [1.165, 1.54) is 5.56 Å². The van der Waals surface area contributed by atoms with E-state index in [1.54, 1.807) is 0 Å². The van der Waals surface area contributed by atoms with E-state index in [9.17, 15) is 4.79 Å². The molecule has 2 aromatic rings. The second-order valence-electron chi connectivity index (χ2n) is 4.85. The Morgan fingerprint density at radius 2 is 2.26 bits per heavy atom. The Kier molecular flexibility index (Phi) is 4.48. The summed E-state index contributed by atoms with van der Waals surface area (Å²) in [6, 6.07) is 5.80. The zero-order valence-electron chi connectivity index (χ0n) is 11.3. The van der Waals surface area contributed by atoms with Gasteiger partial charge in [0.05, 0.1) is 0 Å². The molecule has 102 valence electrons. The topological polar surface area (TPSA) is 44.9 Å². The van der Waals surface area contributed by atoms with Gasteiger partial charge in [-0.3, -0.25) is 4.79 Å². The van der Waals surface area contributed by atoms with E-state index in [-0.39, 0.29) is 11.8 Å². The molecule has 1 amide bonds. The molecule has 2 N–H and O–H groups in total. The van der Waals surface area contributed by atoms with Crippen molar-refractivity contribution < 1.29 is 4.79 Å². The number of hydrogen-bond donors (Lipinski definition) is 2. The molecular weight excluding hydrogens is 260 g/mol. The fourth-order valence-electron chi connectivity index (χ4n) is 2.04. The molecule has 4 heteroatoms. The van der Waals surface area contributed by atoms with E-state index in [0.717, 1.165) is 28.8 Å². The van der Waals surface area contributed by atoms with Crippen molar-refractivity contribution in [1.82, 2.24) is 10.3 Å². The molecule has 0 saturated carbocycles. The van der Waals surface area contributed by atoms with Gasteiger partial charge in [0.25, 0.3) is 0 Å². The lowest BCUT2D eigenvalue weighted by atomic mass is 10.1. The summed E-state index contributed by atoms with van der Waals surface area (Å²) in [5.74, 6) is 0.206. The predicted octanol–water partition coefficient (Wildman–Crippen LogP) is 3.53. The van der Waals surface area contributed by atoms with Crippen LogP contribution in [0.3, 0.4) is 0 Å². The molecule has 1 aromatic heterocycles. The van der Waals surface area contributed by atoms with E-state index in [2.05, 4.69) is 10.3 Å². The van der Waals surface area contributed by atoms with Crippen LogP contribution in [0.2, 0.25) is 5.02 Å². The molecule has 3 nitrogen and oxygen atoms in total. The van der Waals surface area contributed by atoms with Crippen LogP contribution >= 0.6 is 11.6 Å². The normalized spacial score (nSPS) is 12.6. The summed E-state index contributed by atoms with van der Waals surface area (Å²) >= 11 is 6.01. The fraction of sp³-hybridized carbons (Fsp3) is 0.400. The molecule has 2 rings (SSSR count). The van der Waals surface area contributed by atoms with Gasteiger partial charge in [-0.1, -0.05) is 25.4 Å². The number of fused-ring (bicyclic) bond motifs is 1. The Balaban J connectivity index is 1.98. The van der Waals surface area contributed by atoms with E-state index in [0.29, 0.717) is 6.54 Å². The maximum Gasteiger partial charge on any atom is 0.222 e. The lowest BCUT2D eigenvalue weighted by Gasteiger charge is -2.09. The quantitative estimate of drug-likeness (QED) is 0.863. The maximum absolute atomic E-state index is 11.7. The molecule has 0 bridgehead atoms. The first-order valence-electron chi connectivity index (χ1n) is 6.65. The number of carbonyl (C=O) groups is 1. The summed E-state index contributed by atoms with van der Waals surface area (Å²) in [5.41, 5.74) is 2.26. The lowest BCUT2D eigenvalue weighted by Crippen LogP contribution is -2.30. The van der Waals surface area contributed by atoms with Crippen LogP contribution in [0.5, 0.6) is 0 Å². The third-order valence-corrected chi connectivity index (χ3v) is 3.72. The van der Waals surface area contributed by atoms with Crippen LogP contribution in [0.4, 0.5) is 0 Å². The monoisotopic (exact) mass is 278 g/mol. The molecule has 1 heterocycles. The summed E-state index contributed by atoms with van der Waals surface area (Å²) < 4.78 is 0. The predicted molar refractivity (Wildman–Crippen MR) is 79.5 cm³/mol. The van der Waals surface area contributed by atoms with Crippen LogP contribution in [0.1, 0.15) is 25.8 Å². The highest BCUT2D eigenvalue weighted by atomic mass is 35.5. The number of benzene rings is 1. The lowest BCUT2D eigenvalue weighted by molar-refractivity contribution is -0.124.